The fourth-order valence-electron chi connectivity index (χ4n) is 2.30. The van der Waals surface area contributed by atoms with Crippen LogP contribution in [-0.4, -0.2) is 10.8 Å². The van der Waals surface area contributed by atoms with Gasteiger partial charge in [0.05, 0.1) is 0 Å². The van der Waals surface area contributed by atoms with Crippen LogP contribution in [0, 0.1) is 5.92 Å². The van der Waals surface area contributed by atoms with Crippen molar-refractivity contribution in [2.75, 3.05) is 0 Å². The van der Waals surface area contributed by atoms with Gasteiger partial charge in [0, 0.05) is 24.2 Å². The molecule has 0 radical (unpaired) electrons. The molecule has 17 heavy (non-hydrogen) atoms. The van der Waals surface area contributed by atoms with Gasteiger partial charge in [-0.2, -0.15) is 0 Å². The van der Waals surface area contributed by atoms with E-state index in [1.807, 2.05) is 19.1 Å². The number of carbonyl (C=O) groups is 1. The Morgan fingerprint density at radius 2 is 1.71 bits per heavy atom. The smallest absolute Gasteiger partial charge is 0.143 e. The molecule has 0 N–H and O–H groups in total. The molecule has 1 unspecified atom stereocenters. The van der Waals surface area contributed by atoms with Gasteiger partial charge in [-0.1, -0.05) is 33.6 Å². The lowest BCUT2D eigenvalue weighted by atomic mass is 9.84. The Labute approximate surface area is 104 Å². The van der Waals surface area contributed by atoms with Crippen molar-refractivity contribution in [1.82, 2.24) is 4.98 Å². The summed E-state index contributed by atoms with van der Waals surface area (Å²) >= 11 is 0. The van der Waals surface area contributed by atoms with Gasteiger partial charge in [0.2, 0.25) is 0 Å². The van der Waals surface area contributed by atoms with Gasteiger partial charge in [-0.05, 0) is 30.5 Å². The van der Waals surface area contributed by atoms with Gasteiger partial charge in [-0.25, -0.2) is 0 Å². The Hall–Kier alpha value is -1.18. The first-order valence-electron chi connectivity index (χ1n) is 6.64. The molecule has 1 atom stereocenters. The molecule has 1 rings (SSSR count). The number of carbonyl (C=O) groups excluding carboxylic acids is 1. The average Bonchev–Trinajstić information content (AvgIpc) is 2.38. The van der Waals surface area contributed by atoms with Gasteiger partial charge in [0.1, 0.15) is 5.78 Å². The summed E-state index contributed by atoms with van der Waals surface area (Å²) in [6, 6.07) is 3.88. The van der Waals surface area contributed by atoms with Crippen LogP contribution in [0.15, 0.2) is 24.5 Å². The molecule has 1 heterocycles. The maximum atomic E-state index is 12.4. The van der Waals surface area contributed by atoms with Gasteiger partial charge in [-0.15, -0.1) is 0 Å². The first-order chi connectivity index (χ1) is 8.20. The summed E-state index contributed by atoms with van der Waals surface area (Å²) in [5.74, 6) is 0.620. The molecule has 0 aliphatic heterocycles. The highest BCUT2D eigenvalue weighted by atomic mass is 16.1. The predicted octanol–water partition coefficient (Wildman–Crippen LogP) is 3.97. The van der Waals surface area contributed by atoms with E-state index in [-0.39, 0.29) is 11.8 Å². The zero-order chi connectivity index (χ0) is 12.7. The van der Waals surface area contributed by atoms with Crippen molar-refractivity contribution in [3.8, 4) is 0 Å². The van der Waals surface area contributed by atoms with Crippen LogP contribution in [0.3, 0.4) is 0 Å². The van der Waals surface area contributed by atoms with E-state index in [1.54, 1.807) is 12.4 Å². The monoisotopic (exact) mass is 233 g/mol. The third-order valence-corrected chi connectivity index (χ3v) is 3.31. The molecule has 94 valence electrons. The number of Topliss-reactive ketones (excluding diaryl/α,β-unsaturated/α-hetero) is 1. The quantitative estimate of drug-likeness (QED) is 0.713. The van der Waals surface area contributed by atoms with Gasteiger partial charge in [-0.3, -0.25) is 9.78 Å². The lowest BCUT2D eigenvalue weighted by Gasteiger charge is -2.19. The predicted molar refractivity (Wildman–Crippen MR) is 71.0 cm³/mol. The normalized spacial score (nSPS) is 12.7. The maximum Gasteiger partial charge on any atom is 0.143 e. The molecule has 0 spiro atoms. The number of nitrogens with zero attached hydrogens (tertiary/aromatic N) is 1. The topological polar surface area (TPSA) is 30.0 Å². The van der Waals surface area contributed by atoms with Crippen LogP contribution in [0.25, 0.3) is 0 Å². The summed E-state index contributed by atoms with van der Waals surface area (Å²) < 4.78 is 0. The zero-order valence-corrected chi connectivity index (χ0v) is 11.1. The summed E-state index contributed by atoms with van der Waals surface area (Å²) in [6.45, 7) is 6.30. The third kappa shape index (κ3) is 3.95. The van der Waals surface area contributed by atoms with Crippen LogP contribution in [-0.2, 0) is 4.79 Å². The van der Waals surface area contributed by atoms with Crippen LogP contribution in [0.5, 0.6) is 0 Å². The van der Waals surface area contributed by atoms with Gasteiger partial charge in [0.15, 0.2) is 0 Å². The lowest BCUT2D eigenvalue weighted by Crippen LogP contribution is -2.20. The van der Waals surface area contributed by atoms with E-state index in [9.17, 15) is 4.79 Å². The summed E-state index contributed by atoms with van der Waals surface area (Å²) in [5.41, 5.74) is 1.09. The highest BCUT2D eigenvalue weighted by molar-refractivity contribution is 5.87. The fraction of sp³-hybridized carbons (Fsp3) is 0.600. The Morgan fingerprint density at radius 1 is 1.18 bits per heavy atom. The minimum atomic E-state index is 0.00102. The molecule has 0 aliphatic rings. The first kappa shape index (κ1) is 13.9. The molecular formula is C15H23NO. The summed E-state index contributed by atoms with van der Waals surface area (Å²) in [4.78, 5) is 16.4. The van der Waals surface area contributed by atoms with E-state index in [1.165, 1.54) is 0 Å². The highest BCUT2D eigenvalue weighted by Gasteiger charge is 2.23. The zero-order valence-electron chi connectivity index (χ0n) is 11.1. The van der Waals surface area contributed by atoms with Crippen LogP contribution in [0.4, 0.5) is 0 Å². The number of hydrogen-bond donors (Lipinski definition) is 0. The molecule has 0 bridgehead atoms. The molecule has 0 amide bonds. The van der Waals surface area contributed by atoms with E-state index in [0.29, 0.717) is 5.78 Å². The van der Waals surface area contributed by atoms with E-state index in [0.717, 1.165) is 31.2 Å². The van der Waals surface area contributed by atoms with E-state index >= 15 is 0 Å². The second kappa shape index (κ2) is 7.21. The van der Waals surface area contributed by atoms with Crippen molar-refractivity contribution in [2.24, 2.45) is 5.92 Å². The number of hydrogen-bond acceptors (Lipinski definition) is 2. The number of rotatable bonds is 7. The second-order valence-electron chi connectivity index (χ2n) is 4.68. The van der Waals surface area contributed by atoms with Crippen LogP contribution in [0.1, 0.15) is 57.9 Å². The Balaban J connectivity index is 2.73. The van der Waals surface area contributed by atoms with E-state index in [4.69, 9.17) is 0 Å². The molecule has 0 fully saturated rings. The number of ketones is 1. The SMILES string of the molecule is CCCC(CCC)C(=O)C(C)c1ccncc1. The summed E-state index contributed by atoms with van der Waals surface area (Å²) in [5, 5.41) is 0. The van der Waals surface area contributed by atoms with E-state index in [2.05, 4.69) is 18.8 Å². The first-order valence-corrected chi connectivity index (χ1v) is 6.64. The molecule has 1 aromatic rings. The van der Waals surface area contributed by atoms with Gasteiger partial charge < -0.3 is 0 Å². The Kier molecular flexibility index (Phi) is 5.88. The minimum Gasteiger partial charge on any atom is -0.299 e. The number of aromatic nitrogens is 1. The highest BCUT2D eigenvalue weighted by Crippen LogP contribution is 2.24. The van der Waals surface area contributed by atoms with Gasteiger partial charge >= 0.3 is 0 Å². The van der Waals surface area contributed by atoms with Crippen LogP contribution >= 0.6 is 0 Å². The van der Waals surface area contributed by atoms with Crippen LogP contribution in [0.2, 0.25) is 0 Å². The largest absolute Gasteiger partial charge is 0.299 e. The Morgan fingerprint density at radius 3 is 2.18 bits per heavy atom. The molecule has 0 aromatic carbocycles. The standard InChI is InChI=1S/C15H23NO/c1-4-6-14(7-5-2)15(17)12(3)13-8-10-16-11-9-13/h8-12,14H,4-7H2,1-3H3. The van der Waals surface area contributed by atoms with Crippen LogP contribution < -0.4 is 0 Å². The lowest BCUT2D eigenvalue weighted by molar-refractivity contribution is -0.124. The summed E-state index contributed by atoms with van der Waals surface area (Å²) in [6.07, 6.45) is 7.71. The van der Waals surface area contributed by atoms with Crippen molar-refractivity contribution < 1.29 is 4.79 Å². The molecule has 1 aromatic heterocycles. The molecule has 0 saturated heterocycles. The third-order valence-electron chi connectivity index (χ3n) is 3.31. The summed E-state index contributed by atoms with van der Waals surface area (Å²) in [7, 11) is 0. The second-order valence-corrected chi connectivity index (χ2v) is 4.68. The number of pyridine rings is 1. The average molecular weight is 233 g/mol. The molecule has 2 heteroatoms. The maximum absolute atomic E-state index is 12.4. The van der Waals surface area contributed by atoms with Crippen molar-refractivity contribution in [1.29, 1.82) is 0 Å². The molecule has 0 aliphatic carbocycles. The molecule has 2 nitrogen and oxygen atoms in total. The van der Waals surface area contributed by atoms with Crippen molar-refractivity contribution in [3.63, 3.8) is 0 Å². The Bertz CT molecular complexity index is 328. The molecule has 0 saturated carbocycles. The van der Waals surface area contributed by atoms with Crippen molar-refractivity contribution >= 4 is 5.78 Å². The van der Waals surface area contributed by atoms with Gasteiger partial charge in [0.25, 0.3) is 0 Å². The minimum absolute atomic E-state index is 0.00102. The fourth-order valence-corrected chi connectivity index (χ4v) is 2.30. The van der Waals surface area contributed by atoms with E-state index < -0.39 is 0 Å². The van der Waals surface area contributed by atoms with Crippen molar-refractivity contribution in [2.45, 2.75) is 52.4 Å². The van der Waals surface area contributed by atoms with Crippen molar-refractivity contribution in [3.05, 3.63) is 30.1 Å². The molecular weight excluding hydrogens is 210 g/mol.